The number of guanidine groups is 1. The molecular formula is C25H29N5O3. The van der Waals surface area contributed by atoms with Crippen molar-refractivity contribution in [1.82, 2.24) is 15.2 Å². The van der Waals surface area contributed by atoms with Crippen molar-refractivity contribution in [2.45, 2.75) is 19.3 Å². The molecule has 0 bridgehead atoms. The first-order valence-electron chi connectivity index (χ1n) is 11.3. The number of aromatic amines is 1. The molecule has 33 heavy (non-hydrogen) atoms. The van der Waals surface area contributed by atoms with Crippen molar-refractivity contribution in [3.63, 3.8) is 0 Å². The third kappa shape index (κ3) is 6.43. The standard InChI is InChI=1S/C25H29N5O3/c31-23(10-11-24(32)30-14-16-33-17-15-30)29-25(28-20-6-2-1-3-7-20)26-13-12-19-18-27-22-9-5-4-8-21(19)22/h1-9,18,27H,10-17H2,(H2,26,28,29,31). The number of morpholine rings is 1. The number of rotatable bonds is 7. The summed E-state index contributed by atoms with van der Waals surface area (Å²) >= 11 is 0. The Morgan fingerprint density at radius 1 is 1.00 bits per heavy atom. The Morgan fingerprint density at radius 3 is 2.58 bits per heavy atom. The predicted octanol–water partition coefficient (Wildman–Crippen LogP) is 2.93. The van der Waals surface area contributed by atoms with Crippen LogP contribution in [0.4, 0.5) is 5.69 Å². The van der Waals surface area contributed by atoms with Gasteiger partial charge in [0.2, 0.25) is 17.8 Å². The zero-order valence-electron chi connectivity index (χ0n) is 18.5. The molecule has 2 aromatic carbocycles. The molecule has 0 spiro atoms. The van der Waals surface area contributed by atoms with Crippen molar-refractivity contribution >= 4 is 34.4 Å². The molecule has 0 atom stereocenters. The fourth-order valence-electron chi connectivity index (χ4n) is 3.78. The van der Waals surface area contributed by atoms with Crippen LogP contribution in [0.15, 0.2) is 65.8 Å². The van der Waals surface area contributed by atoms with Gasteiger partial charge < -0.3 is 19.9 Å². The van der Waals surface area contributed by atoms with Gasteiger partial charge in [0.25, 0.3) is 0 Å². The number of carbonyl (C=O) groups is 2. The SMILES string of the molecule is O=C(CCC(=O)N1CCOCC1)NC(=NCCc1c[nH]c2ccccc12)Nc1ccccc1. The molecule has 3 aromatic rings. The first-order chi connectivity index (χ1) is 16.2. The molecule has 0 aliphatic carbocycles. The summed E-state index contributed by atoms with van der Waals surface area (Å²) in [5, 5.41) is 7.19. The number of amides is 2. The minimum Gasteiger partial charge on any atom is -0.378 e. The van der Waals surface area contributed by atoms with Crippen molar-refractivity contribution in [2.24, 2.45) is 4.99 Å². The van der Waals surface area contributed by atoms with Crippen LogP contribution in [0.1, 0.15) is 18.4 Å². The highest BCUT2D eigenvalue weighted by Gasteiger charge is 2.18. The van der Waals surface area contributed by atoms with E-state index in [0.29, 0.717) is 38.8 Å². The van der Waals surface area contributed by atoms with Crippen molar-refractivity contribution < 1.29 is 14.3 Å². The summed E-state index contributed by atoms with van der Waals surface area (Å²) in [7, 11) is 0. The van der Waals surface area contributed by atoms with Gasteiger partial charge in [-0.05, 0) is 30.2 Å². The van der Waals surface area contributed by atoms with Crippen LogP contribution in [0.5, 0.6) is 0 Å². The lowest BCUT2D eigenvalue weighted by Crippen LogP contribution is -2.41. The van der Waals surface area contributed by atoms with E-state index in [9.17, 15) is 9.59 Å². The first kappa shape index (κ1) is 22.5. The van der Waals surface area contributed by atoms with Gasteiger partial charge in [-0.2, -0.15) is 0 Å². The molecule has 1 aromatic heterocycles. The second kappa shape index (κ2) is 11.3. The number of ether oxygens (including phenoxy) is 1. The normalized spacial score (nSPS) is 14.3. The van der Waals surface area contributed by atoms with Gasteiger partial charge in [0.05, 0.1) is 13.2 Å². The number of nitrogens with one attached hydrogen (secondary N) is 3. The summed E-state index contributed by atoms with van der Waals surface area (Å²) in [6, 6.07) is 17.7. The Hall–Kier alpha value is -3.65. The molecule has 1 aliphatic rings. The van der Waals surface area contributed by atoms with Gasteiger partial charge in [0.15, 0.2) is 0 Å². The molecule has 0 radical (unpaired) electrons. The molecule has 1 aliphatic heterocycles. The Labute approximate surface area is 193 Å². The van der Waals surface area contributed by atoms with Crippen LogP contribution in [0.2, 0.25) is 0 Å². The Kier molecular flexibility index (Phi) is 7.71. The number of H-pyrrole nitrogens is 1. The minimum absolute atomic E-state index is 0.0257. The summed E-state index contributed by atoms with van der Waals surface area (Å²) < 4.78 is 5.27. The fourth-order valence-corrected chi connectivity index (χ4v) is 3.78. The second-order valence-electron chi connectivity index (χ2n) is 7.87. The lowest BCUT2D eigenvalue weighted by atomic mass is 10.1. The molecule has 0 saturated carbocycles. The first-order valence-corrected chi connectivity index (χ1v) is 11.3. The molecule has 8 heteroatoms. The largest absolute Gasteiger partial charge is 0.378 e. The van der Waals surface area contributed by atoms with Gasteiger partial charge in [0, 0.05) is 55.3 Å². The topological polar surface area (TPSA) is 98.8 Å². The second-order valence-corrected chi connectivity index (χ2v) is 7.87. The number of anilines is 1. The third-order valence-corrected chi connectivity index (χ3v) is 5.55. The van der Waals surface area contributed by atoms with E-state index in [1.54, 1.807) is 4.90 Å². The summed E-state index contributed by atoms with van der Waals surface area (Å²) in [5.74, 6) is 0.109. The summed E-state index contributed by atoms with van der Waals surface area (Å²) in [4.78, 5) is 34.5. The fraction of sp³-hybridized carbons (Fsp3) is 0.320. The van der Waals surface area contributed by atoms with E-state index in [0.717, 1.165) is 17.6 Å². The van der Waals surface area contributed by atoms with Crippen molar-refractivity contribution in [2.75, 3.05) is 38.2 Å². The maximum Gasteiger partial charge on any atom is 0.227 e. The van der Waals surface area contributed by atoms with Crippen LogP contribution in [0.3, 0.4) is 0 Å². The third-order valence-electron chi connectivity index (χ3n) is 5.55. The number of hydrogen-bond acceptors (Lipinski definition) is 4. The van der Waals surface area contributed by atoms with Gasteiger partial charge in [0.1, 0.15) is 0 Å². The van der Waals surface area contributed by atoms with Crippen LogP contribution in [-0.2, 0) is 20.7 Å². The molecule has 2 amide bonds. The van der Waals surface area contributed by atoms with Crippen molar-refractivity contribution in [3.05, 3.63) is 66.4 Å². The zero-order valence-corrected chi connectivity index (χ0v) is 18.5. The van der Waals surface area contributed by atoms with Crippen LogP contribution < -0.4 is 10.6 Å². The minimum atomic E-state index is -0.245. The molecule has 8 nitrogen and oxygen atoms in total. The van der Waals surface area contributed by atoms with E-state index in [2.05, 4.69) is 26.7 Å². The van der Waals surface area contributed by atoms with E-state index < -0.39 is 0 Å². The lowest BCUT2D eigenvalue weighted by molar-refractivity contribution is -0.136. The monoisotopic (exact) mass is 447 g/mol. The molecule has 2 heterocycles. The zero-order chi connectivity index (χ0) is 22.9. The molecular weight excluding hydrogens is 418 g/mol. The maximum absolute atomic E-state index is 12.6. The van der Waals surface area contributed by atoms with Gasteiger partial charge in [-0.3, -0.25) is 19.9 Å². The van der Waals surface area contributed by atoms with E-state index in [-0.39, 0.29) is 24.7 Å². The highest BCUT2D eigenvalue weighted by Crippen LogP contribution is 2.18. The van der Waals surface area contributed by atoms with Gasteiger partial charge in [-0.25, -0.2) is 0 Å². The van der Waals surface area contributed by atoms with E-state index in [1.165, 1.54) is 10.9 Å². The molecule has 1 saturated heterocycles. The number of carbonyl (C=O) groups excluding carboxylic acids is 2. The summed E-state index contributed by atoms with van der Waals surface area (Å²) in [5.41, 5.74) is 3.10. The number of fused-ring (bicyclic) bond motifs is 1. The van der Waals surface area contributed by atoms with Gasteiger partial charge in [-0.15, -0.1) is 0 Å². The highest BCUT2D eigenvalue weighted by atomic mass is 16.5. The Morgan fingerprint density at radius 2 is 1.76 bits per heavy atom. The smallest absolute Gasteiger partial charge is 0.227 e. The average molecular weight is 448 g/mol. The van der Waals surface area contributed by atoms with Crippen molar-refractivity contribution in [1.29, 1.82) is 0 Å². The van der Waals surface area contributed by atoms with Gasteiger partial charge in [-0.1, -0.05) is 36.4 Å². The number of aromatic nitrogens is 1. The van der Waals surface area contributed by atoms with E-state index >= 15 is 0 Å². The Bertz CT molecular complexity index is 1100. The number of nitrogens with zero attached hydrogens (tertiary/aromatic N) is 2. The maximum atomic E-state index is 12.6. The molecule has 0 unspecified atom stereocenters. The van der Waals surface area contributed by atoms with E-state index in [1.807, 2.05) is 54.7 Å². The molecule has 3 N–H and O–H groups in total. The van der Waals surface area contributed by atoms with E-state index in [4.69, 9.17) is 4.74 Å². The Balaban J connectivity index is 1.36. The number of para-hydroxylation sites is 2. The van der Waals surface area contributed by atoms with Crippen LogP contribution in [0.25, 0.3) is 10.9 Å². The average Bonchev–Trinajstić information content (AvgIpc) is 3.27. The quantitative estimate of drug-likeness (QED) is 0.383. The number of hydrogen-bond donors (Lipinski definition) is 3. The van der Waals surface area contributed by atoms with Crippen LogP contribution in [0, 0.1) is 0 Å². The van der Waals surface area contributed by atoms with Gasteiger partial charge >= 0.3 is 0 Å². The van der Waals surface area contributed by atoms with Crippen LogP contribution >= 0.6 is 0 Å². The number of benzene rings is 2. The predicted molar refractivity (Wildman–Crippen MR) is 129 cm³/mol. The molecule has 172 valence electrons. The highest BCUT2D eigenvalue weighted by molar-refractivity contribution is 6.04. The molecule has 4 rings (SSSR count). The molecule has 1 fully saturated rings. The number of aliphatic imine (C=N–C) groups is 1. The van der Waals surface area contributed by atoms with Crippen LogP contribution in [-0.4, -0.2) is 60.5 Å². The summed E-state index contributed by atoms with van der Waals surface area (Å²) in [6.07, 6.45) is 3.00. The lowest BCUT2D eigenvalue weighted by Gasteiger charge is -2.26. The van der Waals surface area contributed by atoms with Crippen molar-refractivity contribution in [3.8, 4) is 0 Å². The summed E-state index contributed by atoms with van der Waals surface area (Å²) in [6.45, 7) is 2.76.